The molecule has 0 unspecified atom stereocenters. The number of benzene rings is 3. The number of aromatic carboxylic acids is 1. The van der Waals surface area contributed by atoms with E-state index in [1.165, 1.54) is 41.3 Å². The number of rotatable bonds is 7. The Kier molecular flexibility index (Phi) is 7.02. The monoisotopic (exact) mass is 505 g/mol. The highest BCUT2D eigenvalue weighted by Gasteiger charge is 2.33. The second kappa shape index (κ2) is 10.3. The molecule has 0 aromatic heterocycles. The van der Waals surface area contributed by atoms with Crippen LogP contribution >= 0.6 is 11.8 Å². The van der Waals surface area contributed by atoms with Gasteiger partial charge in [-0.05, 0) is 71.4 Å². The van der Waals surface area contributed by atoms with Gasteiger partial charge in [-0.3, -0.25) is 19.8 Å². The van der Waals surface area contributed by atoms with Crippen LogP contribution in [0.3, 0.4) is 0 Å². The first kappa shape index (κ1) is 24.5. The van der Waals surface area contributed by atoms with E-state index in [1.807, 2.05) is 0 Å². The van der Waals surface area contributed by atoms with E-state index in [0.717, 1.165) is 11.8 Å². The van der Waals surface area contributed by atoms with Crippen LogP contribution in [0.2, 0.25) is 0 Å². The number of nitro groups is 1. The number of ether oxygens (including phenoxy) is 1. The van der Waals surface area contributed by atoms with Crippen molar-refractivity contribution < 1.29 is 29.5 Å². The summed E-state index contributed by atoms with van der Waals surface area (Å²) in [5.74, 6) is -1.24. The average molecular weight is 506 g/mol. The smallest absolute Gasteiger partial charge is 0.335 e. The highest BCUT2D eigenvalue weighted by Crippen LogP contribution is 2.36. The largest absolute Gasteiger partial charge is 0.502 e. The van der Waals surface area contributed by atoms with Crippen molar-refractivity contribution >= 4 is 46.3 Å². The van der Waals surface area contributed by atoms with Crippen molar-refractivity contribution in [1.29, 1.82) is 0 Å². The molecule has 0 bridgehead atoms. The van der Waals surface area contributed by atoms with Crippen molar-refractivity contribution in [3.63, 3.8) is 0 Å². The van der Waals surface area contributed by atoms with Crippen LogP contribution in [0.25, 0.3) is 6.08 Å². The molecule has 0 radical (unpaired) electrons. The third-order valence-corrected chi connectivity index (χ3v) is 6.23. The first-order valence-electron chi connectivity index (χ1n) is 10.5. The average Bonchev–Trinajstić information content (AvgIpc) is 3.14. The topological polar surface area (TPSA) is 143 Å². The quantitative estimate of drug-likeness (QED) is 0.265. The number of nitro benzene ring substituents is 1. The van der Waals surface area contributed by atoms with Gasteiger partial charge in [0, 0.05) is 6.07 Å². The summed E-state index contributed by atoms with van der Waals surface area (Å²) < 4.78 is 5.17. The van der Waals surface area contributed by atoms with Gasteiger partial charge in [0.1, 0.15) is 5.75 Å². The fourth-order valence-corrected chi connectivity index (χ4v) is 4.36. The lowest BCUT2D eigenvalue weighted by molar-refractivity contribution is -0.385. The minimum Gasteiger partial charge on any atom is -0.502 e. The Balaban J connectivity index is 1.70. The Morgan fingerprint density at radius 3 is 2.44 bits per heavy atom. The fourth-order valence-electron chi connectivity index (χ4n) is 3.36. The zero-order valence-electron chi connectivity index (χ0n) is 18.8. The van der Waals surface area contributed by atoms with Gasteiger partial charge in [-0.2, -0.15) is 0 Å². The van der Waals surface area contributed by atoms with Gasteiger partial charge in [0.2, 0.25) is 0 Å². The fraction of sp³-hybridized carbons (Fsp3) is 0.0800. The minimum absolute atomic E-state index is 0.127. The van der Waals surface area contributed by atoms with Crippen LogP contribution in [0.4, 0.5) is 11.4 Å². The molecule has 10 nitrogen and oxygen atoms in total. The molecule has 0 spiro atoms. The third-order valence-electron chi connectivity index (χ3n) is 5.22. The predicted molar refractivity (Wildman–Crippen MR) is 134 cm³/mol. The lowest BCUT2D eigenvalue weighted by Gasteiger charge is -2.16. The second-order valence-electron chi connectivity index (χ2n) is 7.60. The van der Waals surface area contributed by atoms with E-state index in [4.69, 9.17) is 9.84 Å². The highest BCUT2D eigenvalue weighted by molar-refractivity contribution is 8.18. The summed E-state index contributed by atoms with van der Waals surface area (Å²) >= 11 is 1.10. The molecule has 0 atom stereocenters. The van der Waals surface area contributed by atoms with Crippen molar-refractivity contribution in [2.24, 2.45) is 4.99 Å². The number of methoxy groups -OCH3 is 1. The lowest BCUT2D eigenvalue weighted by Crippen LogP contribution is -2.28. The van der Waals surface area contributed by atoms with Gasteiger partial charge in [-0.15, -0.1) is 0 Å². The number of amides is 1. The Hall–Kier alpha value is -4.64. The van der Waals surface area contributed by atoms with E-state index in [1.54, 1.807) is 43.5 Å². The van der Waals surface area contributed by atoms with Crippen LogP contribution in [0.1, 0.15) is 21.5 Å². The van der Waals surface area contributed by atoms with Crippen molar-refractivity contribution in [3.05, 3.63) is 98.4 Å². The zero-order valence-corrected chi connectivity index (χ0v) is 19.6. The van der Waals surface area contributed by atoms with Crippen LogP contribution in [-0.4, -0.2) is 44.2 Å². The molecule has 1 amide bonds. The van der Waals surface area contributed by atoms with E-state index < -0.39 is 22.3 Å². The molecule has 182 valence electrons. The molecule has 1 fully saturated rings. The number of phenols is 1. The van der Waals surface area contributed by atoms with Crippen molar-refractivity contribution in [2.45, 2.75) is 6.54 Å². The summed E-state index contributed by atoms with van der Waals surface area (Å²) in [6.45, 7) is 0.133. The Bertz CT molecular complexity index is 1400. The van der Waals surface area contributed by atoms with E-state index in [2.05, 4.69) is 4.99 Å². The molecule has 3 aromatic carbocycles. The highest BCUT2D eigenvalue weighted by atomic mass is 32.2. The number of carbonyl (C=O) groups excluding carboxylic acids is 1. The summed E-state index contributed by atoms with van der Waals surface area (Å²) in [6, 6.07) is 17.0. The van der Waals surface area contributed by atoms with Crippen molar-refractivity contribution in [1.82, 2.24) is 4.90 Å². The van der Waals surface area contributed by atoms with E-state index >= 15 is 0 Å². The molecule has 1 heterocycles. The number of carboxylic acids is 1. The second-order valence-corrected chi connectivity index (χ2v) is 8.61. The predicted octanol–water partition coefficient (Wildman–Crippen LogP) is 4.81. The van der Waals surface area contributed by atoms with Crippen LogP contribution in [0.5, 0.6) is 11.5 Å². The molecule has 36 heavy (non-hydrogen) atoms. The number of hydrogen-bond acceptors (Lipinski definition) is 8. The van der Waals surface area contributed by atoms with Gasteiger partial charge in [0.15, 0.2) is 10.9 Å². The molecule has 1 aliphatic rings. The SMILES string of the molecule is COc1ccc(N=C2S/C(=C\c3ccc(O)c([N+](=O)[O-])c3)C(=O)N2Cc2ccc(C(=O)O)cc2)cc1. The molecule has 11 heteroatoms. The Morgan fingerprint density at radius 1 is 1.14 bits per heavy atom. The van der Waals surface area contributed by atoms with Crippen LogP contribution in [-0.2, 0) is 11.3 Å². The number of carboxylic acid groups (broad SMARTS) is 1. The number of aliphatic imine (C=N–C) groups is 1. The summed E-state index contributed by atoms with van der Waals surface area (Å²) in [4.78, 5) is 41.3. The van der Waals surface area contributed by atoms with Gasteiger partial charge in [0.05, 0.1) is 34.7 Å². The number of thioether (sulfide) groups is 1. The van der Waals surface area contributed by atoms with Crippen molar-refractivity contribution in [3.8, 4) is 11.5 Å². The maximum absolute atomic E-state index is 13.3. The number of carbonyl (C=O) groups is 2. The number of nitrogens with zero attached hydrogens (tertiary/aromatic N) is 3. The van der Waals surface area contributed by atoms with Crippen LogP contribution in [0.15, 0.2) is 76.6 Å². The molecule has 0 saturated carbocycles. The van der Waals surface area contributed by atoms with Gasteiger partial charge in [-0.25, -0.2) is 9.79 Å². The number of phenolic OH excluding ortho intramolecular Hbond substituents is 1. The molecule has 4 rings (SSSR count). The van der Waals surface area contributed by atoms with Crippen LogP contribution in [0, 0.1) is 10.1 Å². The summed E-state index contributed by atoms with van der Waals surface area (Å²) in [6.07, 6.45) is 1.50. The molecule has 0 aliphatic carbocycles. The number of hydrogen-bond donors (Lipinski definition) is 2. The summed E-state index contributed by atoms with van der Waals surface area (Å²) in [5.41, 5.74) is 1.30. The van der Waals surface area contributed by atoms with E-state index in [0.29, 0.717) is 27.7 Å². The maximum Gasteiger partial charge on any atom is 0.335 e. The first-order valence-corrected chi connectivity index (χ1v) is 11.3. The summed E-state index contributed by atoms with van der Waals surface area (Å²) in [5, 5.41) is 30.4. The lowest BCUT2D eigenvalue weighted by atomic mass is 10.1. The number of aromatic hydroxyl groups is 1. The Labute approximate surface area is 209 Å². The standard InChI is InChI=1S/C25H19N3O7S/c1-35-19-9-7-18(8-10-19)26-25-27(14-15-2-5-17(6-3-15)24(31)32)23(30)22(36-25)13-16-4-11-21(29)20(12-16)28(33)34/h2-13,29H,14H2,1H3,(H,31,32)/b22-13-,26-25?. The normalized spacial score (nSPS) is 15.5. The molecular formula is C25H19N3O7S. The zero-order chi connectivity index (χ0) is 25.8. The van der Waals surface area contributed by atoms with Crippen LogP contribution < -0.4 is 4.74 Å². The third kappa shape index (κ3) is 5.36. The van der Waals surface area contributed by atoms with Gasteiger partial charge in [-0.1, -0.05) is 18.2 Å². The molecular weight excluding hydrogens is 486 g/mol. The molecule has 2 N–H and O–H groups in total. The van der Waals surface area contributed by atoms with E-state index in [-0.39, 0.29) is 22.9 Å². The van der Waals surface area contributed by atoms with Gasteiger partial charge >= 0.3 is 11.7 Å². The molecule has 1 saturated heterocycles. The van der Waals surface area contributed by atoms with E-state index in [9.17, 15) is 24.8 Å². The van der Waals surface area contributed by atoms with Crippen molar-refractivity contribution in [2.75, 3.05) is 7.11 Å². The van der Waals surface area contributed by atoms with Gasteiger partial charge in [0.25, 0.3) is 5.91 Å². The first-order chi connectivity index (χ1) is 17.2. The number of amidine groups is 1. The molecule has 3 aromatic rings. The summed E-state index contributed by atoms with van der Waals surface area (Å²) in [7, 11) is 1.55. The minimum atomic E-state index is -1.05. The Morgan fingerprint density at radius 2 is 1.83 bits per heavy atom. The van der Waals surface area contributed by atoms with Gasteiger partial charge < -0.3 is 14.9 Å². The molecule has 1 aliphatic heterocycles. The maximum atomic E-state index is 13.3.